The van der Waals surface area contributed by atoms with Gasteiger partial charge in [0.15, 0.2) is 0 Å². The first kappa shape index (κ1) is 11.8. The highest BCUT2D eigenvalue weighted by Gasteiger charge is 2.15. The van der Waals surface area contributed by atoms with Crippen molar-refractivity contribution in [2.24, 2.45) is 0 Å². The molecular weight excluding hydrogens is 220 g/mol. The number of fused-ring (bicyclic) bond motifs is 1. The maximum absolute atomic E-state index is 10.0. The SMILES string of the molecule is CSCCCC(O)c1ccc2c(c1)CCO2. The van der Waals surface area contributed by atoms with Gasteiger partial charge in [0.2, 0.25) is 0 Å². The van der Waals surface area contributed by atoms with Gasteiger partial charge in [-0.1, -0.05) is 6.07 Å². The van der Waals surface area contributed by atoms with Crippen molar-refractivity contribution >= 4 is 11.8 Å². The predicted molar refractivity (Wildman–Crippen MR) is 68.2 cm³/mol. The number of ether oxygens (including phenoxy) is 1. The molecule has 0 bridgehead atoms. The Balaban J connectivity index is 1.98. The fourth-order valence-electron chi connectivity index (χ4n) is 2.00. The molecule has 1 aromatic rings. The molecule has 0 aromatic heterocycles. The minimum atomic E-state index is -0.321. The zero-order valence-corrected chi connectivity index (χ0v) is 10.4. The molecule has 88 valence electrons. The number of hydrogen-bond acceptors (Lipinski definition) is 3. The summed E-state index contributed by atoms with van der Waals surface area (Å²) >= 11 is 1.83. The van der Waals surface area contributed by atoms with Crippen molar-refractivity contribution in [3.05, 3.63) is 29.3 Å². The van der Waals surface area contributed by atoms with Crippen LogP contribution >= 0.6 is 11.8 Å². The van der Waals surface area contributed by atoms with Gasteiger partial charge in [0.1, 0.15) is 5.75 Å². The minimum Gasteiger partial charge on any atom is -0.493 e. The molecule has 0 spiro atoms. The predicted octanol–water partition coefficient (Wildman–Crippen LogP) is 2.80. The lowest BCUT2D eigenvalue weighted by molar-refractivity contribution is 0.167. The van der Waals surface area contributed by atoms with Gasteiger partial charge >= 0.3 is 0 Å². The molecule has 1 N–H and O–H groups in total. The second-order valence-corrected chi connectivity index (χ2v) is 5.10. The van der Waals surface area contributed by atoms with E-state index in [0.29, 0.717) is 0 Å². The Kier molecular flexibility index (Phi) is 4.13. The Morgan fingerprint density at radius 2 is 2.38 bits per heavy atom. The number of benzene rings is 1. The van der Waals surface area contributed by atoms with E-state index in [-0.39, 0.29) is 6.10 Å². The molecule has 1 atom stereocenters. The first-order chi connectivity index (χ1) is 7.81. The Hall–Kier alpha value is -0.670. The molecule has 1 aromatic carbocycles. The Morgan fingerprint density at radius 3 is 3.19 bits per heavy atom. The molecule has 0 saturated carbocycles. The first-order valence-electron chi connectivity index (χ1n) is 5.74. The van der Waals surface area contributed by atoms with Gasteiger partial charge in [0.25, 0.3) is 0 Å². The molecule has 1 aliphatic heterocycles. The van der Waals surface area contributed by atoms with Crippen LogP contribution in [0, 0.1) is 0 Å². The lowest BCUT2D eigenvalue weighted by atomic mass is 10.0. The largest absolute Gasteiger partial charge is 0.493 e. The summed E-state index contributed by atoms with van der Waals surface area (Å²) in [6.45, 7) is 0.779. The normalized spacial score (nSPS) is 15.6. The lowest BCUT2D eigenvalue weighted by Gasteiger charge is -2.11. The van der Waals surface area contributed by atoms with Gasteiger partial charge in [-0.25, -0.2) is 0 Å². The van der Waals surface area contributed by atoms with E-state index in [1.54, 1.807) is 0 Å². The van der Waals surface area contributed by atoms with Crippen LogP contribution in [0.1, 0.15) is 30.1 Å². The Labute approximate surface area is 101 Å². The minimum absolute atomic E-state index is 0.321. The van der Waals surface area contributed by atoms with Gasteiger partial charge < -0.3 is 9.84 Å². The van der Waals surface area contributed by atoms with E-state index in [2.05, 4.69) is 12.3 Å². The molecule has 1 aliphatic rings. The number of aliphatic hydroxyl groups excluding tert-OH is 1. The average molecular weight is 238 g/mol. The van der Waals surface area contributed by atoms with Crippen LogP contribution in [-0.4, -0.2) is 23.7 Å². The van der Waals surface area contributed by atoms with Crippen molar-refractivity contribution in [2.75, 3.05) is 18.6 Å². The molecule has 0 aliphatic carbocycles. The van der Waals surface area contributed by atoms with Gasteiger partial charge in [-0.15, -0.1) is 0 Å². The number of aliphatic hydroxyl groups is 1. The zero-order chi connectivity index (χ0) is 11.4. The molecule has 0 saturated heterocycles. The molecule has 3 heteroatoms. The van der Waals surface area contributed by atoms with Crippen LogP contribution in [0.15, 0.2) is 18.2 Å². The summed E-state index contributed by atoms with van der Waals surface area (Å²) in [5, 5.41) is 10.0. The van der Waals surface area contributed by atoms with Crippen molar-refractivity contribution in [3.63, 3.8) is 0 Å². The van der Waals surface area contributed by atoms with E-state index in [1.807, 2.05) is 23.9 Å². The monoisotopic (exact) mass is 238 g/mol. The topological polar surface area (TPSA) is 29.5 Å². The third kappa shape index (κ3) is 2.71. The van der Waals surface area contributed by atoms with E-state index in [1.165, 1.54) is 5.56 Å². The van der Waals surface area contributed by atoms with Gasteiger partial charge in [0.05, 0.1) is 12.7 Å². The average Bonchev–Trinajstić information content (AvgIpc) is 2.76. The van der Waals surface area contributed by atoms with Crippen LogP contribution in [0.25, 0.3) is 0 Å². The van der Waals surface area contributed by atoms with Gasteiger partial charge in [-0.3, -0.25) is 0 Å². The summed E-state index contributed by atoms with van der Waals surface area (Å²) in [5.41, 5.74) is 2.27. The van der Waals surface area contributed by atoms with Crippen molar-refractivity contribution in [1.29, 1.82) is 0 Å². The summed E-state index contributed by atoms with van der Waals surface area (Å²) in [6.07, 6.45) is 4.66. The smallest absolute Gasteiger partial charge is 0.122 e. The standard InChI is InChI=1S/C13H18O2S/c1-16-8-2-3-12(14)10-4-5-13-11(9-10)6-7-15-13/h4-5,9,12,14H,2-3,6-8H2,1H3. The van der Waals surface area contributed by atoms with Gasteiger partial charge in [-0.2, -0.15) is 11.8 Å². The van der Waals surface area contributed by atoms with E-state index in [0.717, 1.165) is 42.9 Å². The molecule has 0 fully saturated rings. The first-order valence-corrected chi connectivity index (χ1v) is 7.13. The molecular formula is C13H18O2S. The van der Waals surface area contributed by atoms with Crippen LogP contribution in [-0.2, 0) is 6.42 Å². The third-order valence-electron chi connectivity index (χ3n) is 2.92. The second-order valence-electron chi connectivity index (χ2n) is 4.12. The summed E-state index contributed by atoms with van der Waals surface area (Å²) in [5.74, 6) is 2.10. The van der Waals surface area contributed by atoms with E-state index < -0.39 is 0 Å². The molecule has 1 heterocycles. The molecule has 2 nitrogen and oxygen atoms in total. The number of thioether (sulfide) groups is 1. The summed E-state index contributed by atoms with van der Waals surface area (Å²) in [4.78, 5) is 0. The molecule has 16 heavy (non-hydrogen) atoms. The molecule has 0 radical (unpaired) electrons. The van der Waals surface area contributed by atoms with Crippen molar-refractivity contribution in [2.45, 2.75) is 25.4 Å². The van der Waals surface area contributed by atoms with Gasteiger partial charge in [0, 0.05) is 6.42 Å². The Bertz CT molecular complexity index is 352. The highest BCUT2D eigenvalue weighted by Crippen LogP contribution is 2.29. The fraction of sp³-hybridized carbons (Fsp3) is 0.538. The van der Waals surface area contributed by atoms with Crippen LogP contribution in [0.5, 0.6) is 5.75 Å². The zero-order valence-electron chi connectivity index (χ0n) is 9.61. The maximum Gasteiger partial charge on any atom is 0.122 e. The molecule has 1 unspecified atom stereocenters. The third-order valence-corrected chi connectivity index (χ3v) is 3.62. The summed E-state index contributed by atoms with van der Waals surface area (Å²) in [6, 6.07) is 6.05. The lowest BCUT2D eigenvalue weighted by Crippen LogP contribution is -1.98. The van der Waals surface area contributed by atoms with Crippen molar-refractivity contribution in [1.82, 2.24) is 0 Å². The van der Waals surface area contributed by atoms with Crippen LogP contribution < -0.4 is 4.74 Å². The highest BCUT2D eigenvalue weighted by molar-refractivity contribution is 7.98. The van der Waals surface area contributed by atoms with Crippen LogP contribution in [0.2, 0.25) is 0 Å². The second kappa shape index (κ2) is 5.60. The van der Waals surface area contributed by atoms with E-state index >= 15 is 0 Å². The summed E-state index contributed by atoms with van der Waals surface area (Å²) in [7, 11) is 0. The molecule has 2 rings (SSSR count). The number of hydrogen-bond donors (Lipinski definition) is 1. The van der Waals surface area contributed by atoms with E-state index in [4.69, 9.17) is 4.74 Å². The number of rotatable bonds is 5. The molecule has 0 amide bonds. The van der Waals surface area contributed by atoms with Crippen LogP contribution in [0.3, 0.4) is 0 Å². The fourth-order valence-corrected chi connectivity index (χ4v) is 2.46. The van der Waals surface area contributed by atoms with Crippen molar-refractivity contribution in [3.8, 4) is 5.75 Å². The summed E-state index contributed by atoms with van der Waals surface area (Å²) < 4.78 is 5.45. The van der Waals surface area contributed by atoms with Crippen LogP contribution in [0.4, 0.5) is 0 Å². The Morgan fingerprint density at radius 1 is 1.50 bits per heavy atom. The van der Waals surface area contributed by atoms with E-state index in [9.17, 15) is 5.11 Å². The quantitative estimate of drug-likeness (QED) is 0.800. The highest BCUT2D eigenvalue weighted by atomic mass is 32.2. The van der Waals surface area contributed by atoms with Crippen molar-refractivity contribution < 1.29 is 9.84 Å². The maximum atomic E-state index is 10.0. The van der Waals surface area contributed by atoms with Gasteiger partial charge in [-0.05, 0) is 48.1 Å².